The van der Waals surface area contributed by atoms with Crippen LogP contribution in [-0.4, -0.2) is 30.1 Å². The molecule has 2 aliphatic rings. The number of aryl methyl sites for hydroxylation is 1. The van der Waals surface area contributed by atoms with Gasteiger partial charge in [0.15, 0.2) is 0 Å². The van der Waals surface area contributed by atoms with Gasteiger partial charge in [0, 0.05) is 21.4 Å². The van der Waals surface area contributed by atoms with Crippen LogP contribution in [0, 0.1) is 5.92 Å². The molecule has 200 valence electrons. The zero-order valence-electron chi connectivity index (χ0n) is 21.9. The lowest BCUT2D eigenvalue weighted by Crippen LogP contribution is -2.25. The van der Waals surface area contributed by atoms with Crippen LogP contribution in [0.2, 0.25) is 0 Å². The number of carbonyl (C=O) groups is 3. The van der Waals surface area contributed by atoms with E-state index in [-0.39, 0.29) is 29.0 Å². The van der Waals surface area contributed by atoms with Gasteiger partial charge in [-0.15, -0.1) is 23.1 Å². The van der Waals surface area contributed by atoms with E-state index in [1.165, 1.54) is 47.9 Å². The van der Waals surface area contributed by atoms with Crippen molar-refractivity contribution < 1.29 is 19.1 Å². The number of anilines is 2. The zero-order valence-corrected chi connectivity index (χ0v) is 23.5. The van der Waals surface area contributed by atoms with Gasteiger partial charge in [-0.3, -0.25) is 9.59 Å². The Kier molecular flexibility index (Phi) is 10.1. The third-order valence-corrected chi connectivity index (χ3v) is 9.88. The first-order valence-electron chi connectivity index (χ1n) is 13.6. The molecule has 1 aromatic carbocycles. The van der Waals surface area contributed by atoms with Crippen molar-refractivity contribution in [1.29, 1.82) is 0 Å². The SMILES string of the molecule is CCC(Sc1cccc(NC(=O)C2CCCCC2)c1)C(=O)Nc1sc2c(c1C(=O)OC)CCCCCC2. The summed E-state index contributed by atoms with van der Waals surface area (Å²) in [6, 6.07) is 7.72. The largest absolute Gasteiger partial charge is 0.465 e. The third kappa shape index (κ3) is 7.17. The predicted octanol–water partition coefficient (Wildman–Crippen LogP) is 7.22. The van der Waals surface area contributed by atoms with Crippen molar-refractivity contribution in [2.75, 3.05) is 17.7 Å². The van der Waals surface area contributed by atoms with Gasteiger partial charge in [0.2, 0.25) is 11.8 Å². The van der Waals surface area contributed by atoms with Gasteiger partial charge in [0.05, 0.1) is 17.9 Å². The summed E-state index contributed by atoms with van der Waals surface area (Å²) in [6.45, 7) is 1.99. The lowest BCUT2D eigenvalue weighted by atomic mass is 9.88. The molecule has 1 atom stereocenters. The van der Waals surface area contributed by atoms with Crippen molar-refractivity contribution in [2.24, 2.45) is 5.92 Å². The lowest BCUT2D eigenvalue weighted by Gasteiger charge is -2.21. The van der Waals surface area contributed by atoms with Crippen molar-refractivity contribution in [1.82, 2.24) is 0 Å². The van der Waals surface area contributed by atoms with Crippen molar-refractivity contribution in [2.45, 2.75) is 94.1 Å². The van der Waals surface area contributed by atoms with E-state index in [1.54, 1.807) is 0 Å². The quantitative estimate of drug-likeness (QED) is 0.272. The summed E-state index contributed by atoms with van der Waals surface area (Å²) in [4.78, 5) is 40.9. The minimum absolute atomic E-state index is 0.0912. The number of ether oxygens (including phenoxy) is 1. The molecule has 0 saturated heterocycles. The molecule has 2 N–H and O–H groups in total. The van der Waals surface area contributed by atoms with Gasteiger partial charge in [-0.25, -0.2) is 4.79 Å². The molecule has 0 aliphatic heterocycles. The third-order valence-electron chi connectivity index (χ3n) is 7.32. The molecule has 1 aromatic heterocycles. The van der Waals surface area contributed by atoms with E-state index in [4.69, 9.17) is 4.74 Å². The minimum Gasteiger partial charge on any atom is -0.465 e. The molecule has 4 rings (SSSR count). The number of hydrogen-bond acceptors (Lipinski definition) is 6. The Hall–Kier alpha value is -2.32. The standard InChI is InChI=1S/C29H38N2O4S2/c1-3-23(36-21-15-11-14-20(18-21)30-26(32)19-12-7-6-8-13-19)27(33)31-28-25(29(34)35-2)22-16-9-4-5-10-17-24(22)37-28/h11,14-15,18-19,23H,3-10,12-13,16-17H2,1-2H3,(H,30,32)(H,31,33). The Morgan fingerprint density at radius 2 is 1.76 bits per heavy atom. The second kappa shape index (κ2) is 13.5. The van der Waals surface area contributed by atoms with E-state index in [9.17, 15) is 14.4 Å². The number of benzene rings is 1. The van der Waals surface area contributed by atoms with Gasteiger partial charge in [0.1, 0.15) is 5.00 Å². The number of thioether (sulfide) groups is 1. The van der Waals surface area contributed by atoms with Crippen LogP contribution in [0.5, 0.6) is 0 Å². The Morgan fingerprint density at radius 3 is 2.49 bits per heavy atom. The van der Waals surface area contributed by atoms with Crippen LogP contribution in [0.1, 0.15) is 91.9 Å². The van der Waals surface area contributed by atoms with Crippen LogP contribution in [0.15, 0.2) is 29.2 Å². The summed E-state index contributed by atoms with van der Waals surface area (Å²) in [5, 5.41) is 6.42. The number of rotatable bonds is 8. The molecule has 8 heteroatoms. The molecular formula is C29H38N2O4S2. The maximum atomic E-state index is 13.4. The van der Waals surface area contributed by atoms with Crippen LogP contribution in [0.3, 0.4) is 0 Å². The molecular weight excluding hydrogens is 504 g/mol. The summed E-state index contributed by atoms with van der Waals surface area (Å²) < 4.78 is 5.10. The number of esters is 1. The fourth-order valence-electron chi connectivity index (χ4n) is 5.26. The number of nitrogens with one attached hydrogen (secondary N) is 2. The van der Waals surface area contributed by atoms with Crippen LogP contribution >= 0.6 is 23.1 Å². The second-order valence-electron chi connectivity index (χ2n) is 9.97. The Balaban J connectivity index is 1.46. The topological polar surface area (TPSA) is 84.5 Å². The molecule has 1 unspecified atom stereocenters. The van der Waals surface area contributed by atoms with Gasteiger partial charge < -0.3 is 15.4 Å². The summed E-state index contributed by atoms with van der Waals surface area (Å²) in [7, 11) is 1.39. The van der Waals surface area contributed by atoms with Gasteiger partial charge in [-0.1, -0.05) is 45.1 Å². The maximum Gasteiger partial charge on any atom is 0.341 e. The fourth-order valence-corrected chi connectivity index (χ4v) is 7.55. The highest BCUT2D eigenvalue weighted by molar-refractivity contribution is 8.00. The van der Waals surface area contributed by atoms with Crippen LogP contribution in [-0.2, 0) is 27.2 Å². The first-order chi connectivity index (χ1) is 18.0. The molecule has 1 fully saturated rings. The number of fused-ring (bicyclic) bond motifs is 1. The molecule has 0 bridgehead atoms. The number of hydrogen-bond donors (Lipinski definition) is 2. The molecule has 2 aliphatic carbocycles. The van der Waals surface area contributed by atoms with Crippen molar-refractivity contribution in [3.05, 3.63) is 40.3 Å². The molecule has 2 aromatic rings. The molecule has 0 spiro atoms. The highest BCUT2D eigenvalue weighted by Crippen LogP contribution is 2.38. The maximum absolute atomic E-state index is 13.4. The minimum atomic E-state index is -0.379. The average Bonchev–Trinajstić information content (AvgIpc) is 3.22. The summed E-state index contributed by atoms with van der Waals surface area (Å²) >= 11 is 3.00. The normalized spacial score (nSPS) is 17.1. The van der Waals surface area contributed by atoms with Crippen molar-refractivity contribution >= 4 is 51.6 Å². The van der Waals surface area contributed by atoms with E-state index in [0.29, 0.717) is 17.0 Å². The lowest BCUT2D eigenvalue weighted by molar-refractivity contribution is -0.120. The van der Waals surface area contributed by atoms with Crippen molar-refractivity contribution in [3.63, 3.8) is 0 Å². The molecule has 0 radical (unpaired) electrons. The van der Waals surface area contributed by atoms with Crippen LogP contribution in [0.25, 0.3) is 0 Å². The smallest absolute Gasteiger partial charge is 0.341 e. The molecule has 1 heterocycles. The number of amides is 2. The molecule has 37 heavy (non-hydrogen) atoms. The van der Waals surface area contributed by atoms with Crippen LogP contribution < -0.4 is 10.6 Å². The fraction of sp³-hybridized carbons (Fsp3) is 0.552. The first kappa shape index (κ1) is 27.7. The van der Waals surface area contributed by atoms with Gasteiger partial charge >= 0.3 is 5.97 Å². The second-order valence-corrected chi connectivity index (χ2v) is 12.4. The molecule has 6 nitrogen and oxygen atoms in total. The number of methoxy groups -OCH3 is 1. The Morgan fingerprint density at radius 1 is 1.03 bits per heavy atom. The monoisotopic (exact) mass is 542 g/mol. The number of thiophene rings is 1. The highest BCUT2D eigenvalue weighted by Gasteiger charge is 2.28. The van der Waals surface area contributed by atoms with E-state index >= 15 is 0 Å². The summed E-state index contributed by atoms with van der Waals surface area (Å²) in [5.74, 6) is -0.317. The van der Waals surface area contributed by atoms with E-state index < -0.39 is 0 Å². The zero-order chi connectivity index (χ0) is 26.2. The number of carbonyl (C=O) groups excluding carboxylic acids is 3. The summed E-state index contributed by atoms with van der Waals surface area (Å²) in [5.41, 5.74) is 2.35. The Bertz CT molecular complexity index is 1110. The van der Waals surface area contributed by atoms with Gasteiger partial charge in [0.25, 0.3) is 0 Å². The summed E-state index contributed by atoms with van der Waals surface area (Å²) in [6.07, 6.45) is 12.3. The van der Waals surface area contributed by atoms with Gasteiger partial charge in [-0.05, 0) is 68.7 Å². The Labute approximate surface area is 228 Å². The molecule has 2 amide bonds. The van der Waals surface area contributed by atoms with E-state index in [2.05, 4.69) is 10.6 Å². The van der Waals surface area contributed by atoms with Gasteiger partial charge in [-0.2, -0.15) is 0 Å². The van der Waals surface area contributed by atoms with E-state index in [0.717, 1.165) is 73.9 Å². The highest BCUT2D eigenvalue weighted by atomic mass is 32.2. The van der Waals surface area contributed by atoms with Crippen LogP contribution in [0.4, 0.5) is 10.7 Å². The first-order valence-corrected chi connectivity index (χ1v) is 15.3. The van der Waals surface area contributed by atoms with E-state index in [1.807, 2.05) is 31.2 Å². The predicted molar refractivity (Wildman–Crippen MR) is 152 cm³/mol. The average molecular weight is 543 g/mol. The van der Waals surface area contributed by atoms with Crippen molar-refractivity contribution in [3.8, 4) is 0 Å². The molecule has 1 saturated carbocycles.